The molecule has 1 amide bonds. The first-order chi connectivity index (χ1) is 12.3. The number of aromatic nitrogens is 1. The van der Waals surface area contributed by atoms with Crippen molar-refractivity contribution in [1.82, 2.24) is 4.57 Å². The first kappa shape index (κ1) is 18.5. The second-order valence-electron chi connectivity index (χ2n) is 6.33. The quantitative estimate of drug-likeness (QED) is 0.690. The minimum atomic E-state index is -3.30. The topological polar surface area (TPSA) is 68.5 Å². The van der Waals surface area contributed by atoms with Gasteiger partial charge >= 0.3 is 0 Å². The van der Waals surface area contributed by atoms with Crippen LogP contribution in [0, 0.1) is 0 Å². The zero-order chi connectivity index (χ0) is 18.9. The molecule has 0 fully saturated rings. The number of carbonyl (C=O) groups is 1. The van der Waals surface area contributed by atoms with E-state index in [1.807, 2.05) is 35.9 Å². The van der Waals surface area contributed by atoms with Crippen molar-refractivity contribution < 1.29 is 13.2 Å². The van der Waals surface area contributed by atoms with Crippen LogP contribution in [0.1, 0.15) is 19.4 Å². The van der Waals surface area contributed by atoms with E-state index in [0.717, 1.165) is 15.8 Å². The molecule has 0 N–H and O–H groups in total. The Morgan fingerprint density at radius 2 is 1.77 bits per heavy atom. The highest BCUT2D eigenvalue weighted by atomic mass is 32.2. The van der Waals surface area contributed by atoms with Gasteiger partial charge in [-0.1, -0.05) is 35.6 Å². The van der Waals surface area contributed by atoms with E-state index < -0.39 is 15.1 Å². The van der Waals surface area contributed by atoms with E-state index in [0.29, 0.717) is 4.80 Å². The molecule has 0 aliphatic heterocycles. The molecule has 1 heterocycles. The van der Waals surface area contributed by atoms with Crippen LogP contribution < -0.4 is 4.80 Å². The average Bonchev–Trinajstić information content (AvgIpc) is 2.91. The lowest BCUT2D eigenvalue weighted by atomic mass is 10.1. The number of benzene rings is 2. The van der Waals surface area contributed by atoms with Crippen molar-refractivity contribution in [3.05, 3.63) is 58.9 Å². The van der Waals surface area contributed by atoms with E-state index in [4.69, 9.17) is 0 Å². The third-order valence-corrected chi connectivity index (χ3v) is 7.45. The number of nitrogens with zero attached hydrogens (tertiary/aromatic N) is 2. The summed E-state index contributed by atoms with van der Waals surface area (Å²) in [5.41, 5.74) is 1.78. The molecule has 5 nitrogen and oxygen atoms in total. The fourth-order valence-electron chi connectivity index (χ4n) is 2.58. The maximum absolute atomic E-state index is 12.3. The molecule has 0 atom stereocenters. The summed E-state index contributed by atoms with van der Waals surface area (Å²) in [6, 6.07) is 14.3. The van der Waals surface area contributed by atoms with Crippen LogP contribution in [0.3, 0.4) is 0 Å². The normalized spacial score (nSPS) is 12.8. The van der Waals surface area contributed by atoms with Gasteiger partial charge in [-0.05, 0) is 43.7 Å². The molecule has 0 saturated heterocycles. The van der Waals surface area contributed by atoms with Crippen molar-refractivity contribution >= 4 is 37.3 Å². The molecule has 1 aromatic heterocycles. The molecule has 2 aromatic carbocycles. The van der Waals surface area contributed by atoms with E-state index in [1.165, 1.54) is 11.3 Å². The number of thiazole rings is 1. The van der Waals surface area contributed by atoms with Crippen LogP contribution in [0.25, 0.3) is 10.2 Å². The van der Waals surface area contributed by atoms with Gasteiger partial charge in [0.05, 0.1) is 26.8 Å². The molecule has 7 heteroatoms. The van der Waals surface area contributed by atoms with Crippen LogP contribution >= 0.6 is 11.3 Å². The van der Waals surface area contributed by atoms with Crippen molar-refractivity contribution in [1.29, 1.82) is 0 Å². The monoisotopic (exact) mass is 388 g/mol. The zero-order valence-corrected chi connectivity index (χ0v) is 16.5. The predicted octanol–water partition coefficient (Wildman–Crippen LogP) is 3.09. The Hall–Kier alpha value is -2.25. The Balaban J connectivity index is 1.83. The zero-order valence-electron chi connectivity index (χ0n) is 14.8. The molecule has 136 valence electrons. The van der Waals surface area contributed by atoms with E-state index >= 15 is 0 Å². The first-order valence-corrected chi connectivity index (χ1v) is 10.6. The minimum absolute atomic E-state index is 0.135. The number of sulfone groups is 1. The summed E-state index contributed by atoms with van der Waals surface area (Å²) in [5, 5.41) is -0.474. The maximum atomic E-state index is 12.3. The fourth-order valence-corrected chi connectivity index (χ4v) is 4.67. The summed E-state index contributed by atoms with van der Waals surface area (Å²) in [4.78, 5) is 17.4. The molecule has 26 heavy (non-hydrogen) atoms. The van der Waals surface area contributed by atoms with Gasteiger partial charge in [0, 0.05) is 7.05 Å². The Bertz CT molecular complexity index is 1120. The first-order valence-electron chi connectivity index (χ1n) is 8.24. The maximum Gasteiger partial charge on any atom is 0.252 e. The highest BCUT2D eigenvalue weighted by Gasteiger charge is 2.18. The largest absolute Gasteiger partial charge is 0.319 e. The standard InChI is InChI=1S/C19H20N2O3S2/c1-13(2)26(23,24)15-10-8-14(9-11-15)12-18(22)20-19-21(3)16-6-4-5-7-17(16)25-19/h4-11,13H,12H2,1-3H3. The van der Waals surface area contributed by atoms with Gasteiger partial charge in [0.25, 0.3) is 5.91 Å². The Kier molecular flexibility index (Phi) is 5.11. The summed E-state index contributed by atoms with van der Waals surface area (Å²) in [5.74, 6) is -0.258. The van der Waals surface area contributed by atoms with Crippen LogP contribution in [-0.4, -0.2) is 24.1 Å². The van der Waals surface area contributed by atoms with E-state index in [1.54, 1.807) is 38.1 Å². The third-order valence-electron chi connectivity index (χ3n) is 4.16. The van der Waals surface area contributed by atoms with Gasteiger partial charge in [0.15, 0.2) is 14.6 Å². The fraction of sp³-hybridized carbons (Fsp3) is 0.263. The number of amides is 1. The highest BCUT2D eigenvalue weighted by Crippen LogP contribution is 2.17. The number of rotatable bonds is 4. The summed E-state index contributed by atoms with van der Waals surface area (Å²) in [6.45, 7) is 3.30. The molecule has 0 bridgehead atoms. The number of hydrogen-bond donors (Lipinski definition) is 0. The Morgan fingerprint density at radius 1 is 1.12 bits per heavy atom. The average molecular weight is 389 g/mol. The molecule has 0 saturated carbocycles. The number of fused-ring (bicyclic) bond motifs is 1. The molecule has 0 spiro atoms. The molecule has 0 aliphatic rings. The van der Waals surface area contributed by atoms with Crippen molar-refractivity contribution in [2.24, 2.45) is 12.0 Å². The van der Waals surface area contributed by atoms with Crippen LogP contribution in [-0.2, 0) is 28.1 Å². The Labute approximate surface area is 156 Å². The second kappa shape index (κ2) is 7.17. The van der Waals surface area contributed by atoms with Crippen LogP contribution in [0.15, 0.2) is 58.4 Å². The van der Waals surface area contributed by atoms with E-state index in [9.17, 15) is 13.2 Å². The highest BCUT2D eigenvalue weighted by molar-refractivity contribution is 7.92. The van der Waals surface area contributed by atoms with E-state index in [-0.39, 0.29) is 17.2 Å². The number of aryl methyl sites for hydroxylation is 1. The van der Waals surface area contributed by atoms with Gasteiger partial charge in [-0.15, -0.1) is 0 Å². The number of hydrogen-bond acceptors (Lipinski definition) is 4. The minimum Gasteiger partial charge on any atom is -0.319 e. The third kappa shape index (κ3) is 3.64. The van der Waals surface area contributed by atoms with Gasteiger partial charge < -0.3 is 4.57 Å². The van der Waals surface area contributed by atoms with Crippen molar-refractivity contribution in [3.8, 4) is 0 Å². The van der Waals surface area contributed by atoms with E-state index in [2.05, 4.69) is 4.99 Å². The van der Waals surface area contributed by atoms with Gasteiger partial charge in [0.2, 0.25) is 0 Å². The smallest absolute Gasteiger partial charge is 0.252 e. The lowest BCUT2D eigenvalue weighted by Gasteiger charge is -2.08. The molecular formula is C19H20N2O3S2. The predicted molar refractivity (Wildman–Crippen MR) is 104 cm³/mol. The second-order valence-corrected chi connectivity index (χ2v) is 9.84. The summed E-state index contributed by atoms with van der Waals surface area (Å²) >= 11 is 1.47. The number of carbonyl (C=O) groups excluding carboxylic acids is 1. The van der Waals surface area contributed by atoms with Crippen LogP contribution in [0.2, 0.25) is 0 Å². The summed E-state index contributed by atoms with van der Waals surface area (Å²) in [6.07, 6.45) is 0.135. The molecule has 0 unspecified atom stereocenters. The van der Waals surface area contributed by atoms with Gasteiger partial charge in [-0.25, -0.2) is 8.42 Å². The SMILES string of the molecule is CC(C)S(=O)(=O)c1ccc(CC(=O)N=c2sc3ccccc3n2C)cc1. The Morgan fingerprint density at radius 3 is 2.38 bits per heavy atom. The van der Waals surface area contributed by atoms with Gasteiger partial charge in [-0.3, -0.25) is 4.79 Å². The molecular weight excluding hydrogens is 368 g/mol. The summed E-state index contributed by atoms with van der Waals surface area (Å²) < 4.78 is 27.3. The van der Waals surface area contributed by atoms with Crippen LogP contribution in [0.5, 0.6) is 0 Å². The van der Waals surface area contributed by atoms with Gasteiger partial charge in [0.1, 0.15) is 0 Å². The molecule has 3 aromatic rings. The molecule has 3 rings (SSSR count). The number of para-hydroxylation sites is 1. The van der Waals surface area contributed by atoms with Crippen molar-refractivity contribution in [2.75, 3.05) is 0 Å². The van der Waals surface area contributed by atoms with Crippen molar-refractivity contribution in [2.45, 2.75) is 30.4 Å². The van der Waals surface area contributed by atoms with Gasteiger partial charge in [-0.2, -0.15) is 4.99 Å². The molecule has 0 radical (unpaired) electrons. The summed E-state index contributed by atoms with van der Waals surface area (Å²) in [7, 11) is -1.42. The molecule has 0 aliphatic carbocycles. The lowest BCUT2D eigenvalue weighted by molar-refractivity contribution is -0.117. The van der Waals surface area contributed by atoms with Crippen LogP contribution in [0.4, 0.5) is 0 Å². The lowest BCUT2D eigenvalue weighted by Crippen LogP contribution is -2.15. The van der Waals surface area contributed by atoms with Crippen molar-refractivity contribution in [3.63, 3.8) is 0 Å².